The van der Waals surface area contributed by atoms with E-state index in [1.807, 2.05) is 6.92 Å². The fourth-order valence-electron chi connectivity index (χ4n) is 2.01. The van der Waals surface area contributed by atoms with Crippen LogP contribution >= 0.6 is 0 Å². The number of nitrogens with one attached hydrogen (secondary N) is 1. The topological polar surface area (TPSA) is 86.2 Å². The van der Waals surface area contributed by atoms with Crippen molar-refractivity contribution in [3.63, 3.8) is 0 Å². The number of rotatable bonds is 6. The standard InChI is InChI=1S/C18H15FN4O3/c1-2-25-16-8-7-12(9-20-16)17(24)23-13-10-21-18(22-11-13)26-15-6-4-3-5-14(15)19/h3-11H,2H2,1H3,(H,23,24). The predicted octanol–water partition coefficient (Wildman–Crippen LogP) is 3.45. The first-order valence-corrected chi connectivity index (χ1v) is 7.80. The van der Waals surface area contributed by atoms with Crippen molar-refractivity contribution in [3.8, 4) is 17.6 Å². The van der Waals surface area contributed by atoms with Gasteiger partial charge in [-0.1, -0.05) is 12.1 Å². The summed E-state index contributed by atoms with van der Waals surface area (Å²) >= 11 is 0. The maximum Gasteiger partial charge on any atom is 0.322 e. The van der Waals surface area contributed by atoms with Crippen molar-refractivity contribution < 1.29 is 18.7 Å². The van der Waals surface area contributed by atoms with Gasteiger partial charge in [0.2, 0.25) is 5.88 Å². The third-order valence-corrected chi connectivity index (χ3v) is 3.21. The van der Waals surface area contributed by atoms with E-state index < -0.39 is 5.82 Å². The summed E-state index contributed by atoms with van der Waals surface area (Å²) in [4.78, 5) is 24.1. The number of para-hydroxylation sites is 1. The van der Waals surface area contributed by atoms with E-state index in [-0.39, 0.29) is 17.7 Å². The van der Waals surface area contributed by atoms with Gasteiger partial charge in [0, 0.05) is 12.3 Å². The van der Waals surface area contributed by atoms with Crippen LogP contribution in [0.4, 0.5) is 10.1 Å². The van der Waals surface area contributed by atoms with Gasteiger partial charge in [-0.3, -0.25) is 4.79 Å². The molecule has 0 bridgehead atoms. The number of nitrogens with zero attached hydrogens (tertiary/aromatic N) is 3. The van der Waals surface area contributed by atoms with E-state index in [1.54, 1.807) is 24.3 Å². The quantitative estimate of drug-likeness (QED) is 0.730. The van der Waals surface area contributed by atoms with Gasteiger partial charge in [-0.2, -0.15) is 0 Å². The molecular weight excluding hydrogens is 339 g/mol. The van der Waals surface area contributed by atoms with Crippen LogP contribution in [0.25, 0.3) is 0 Å². The van der Waals surface area contributed by atoms with E-state index in [0.29, 0.717) is 23.7 Å². The monoisotopic (exact) mass is 354 g/mol. The maximum absolute atomic E-state index is 13.5. The van der Waals surface area contributed by atoms with Crippen molar-refractivity contribution in [2.75, 3.05) is 11.9 Å². The van der Waals surface area contributed by atoms with Crippen molar-refractivity contribution in [3.05, 3.63) is 66.4 Å². The van der Waals surface area contributed by atoms with Gasteiger partial charge in [0.15, 0.2) is 11.6 Å². The van der Waals surface area contributed by atoms with Crippen LogP contribution in [-0.2, 0) is 0 Å². The van der Waals surface area contributed by atoms with Gasteiger partial charge in [0.05, 0.1) is 30.3 Å². The van der Waals surface area contributed by atoms with E-state index in [4.69, 9.17) is 9.47 Å². The highest BCUT2D eigenvalue weighted by atomic mass is 19.1. The first-order valence-electron chi connectivity index (χ1n) is 7.80. The highest BCUT2D eigenvalue weighted by molar-refractivity contribution is 6.03. The number of amides is 1. The molecule has 132 valence electrons. The zero-order chi connectivity index (χ0) is 18.4. The number of pyridine rings is 1. The van der Waals surface area contributed by atoms with Crippen molar-refractivity contribution in [1.29, 1.82) is 0 Å². The lowest BCUT2D eigenvalue weighted by molar-refractivity contribution is 0.102. The second kappa shape index (κ2) is 8.02. The summed E-state index contributed by atoms with van der Waals surface area (Å²) in [5.74, 6) is -0.421. The Balaban J connectivity index is 1.63. The van der Waals surface area contributed by atoms with Gasteiger partial charge in [-0.05, 0) is 25.1 Å². The molecule has 2 heterocycles. The van der Waals surface area contributed by atoms with Gasteiger partial charge >= 0.3 is 6.01 Å². The van der Waals surface area contributed by atoms with Crippen molar-refractivity contribution in [2.24, 2.45) is 0 Å². The molecule has 7 nitrogen and oxygen atoms in total. The largest absolute Gasteiger partial charge is 0.478 e. The van der Waals surface area contributed by atoms with Crippen LogP contribution in [-0.4, -0.2) is 27.5 Å². The molecule has 0 aliphatic heterocycles. The minimum atomic E-state index is -0.517. The van der Waals surface area contributed by atoms with Gasteiger partial charge in [-0.25, -0.2) is 19.3 Å². The predicted molar refractivity (Wildman–Crippen MR) is 91.9 cm³/mol. The molecule has 3 aromatic rings. The molecule has 0 aliphatic rings. The Morgan fingerprint density at radius 1 is 1.08 bits per heavy atom. The van der Waals surface area contributed by atoms with Crippen LogP contribution in [0.15, 0.2) is 55.0 Å². The molecule has 0 atom stereocenters. The average Bonchev–Trinajstić information content (AvgIpc) is 2.66. The molecular formula is C18H15FN4O3. The van der Waals surface area contributed by atoms with Gasteiger partial charge in [-0.15, -0.1) is 0 Å². The highest BCUT2D eigenvalue weighted by Gasteiger charge is 2.09. The number of hydrogen-bond acceptors (Lipinski definition) is 6. The fraction of sp³-hybridized carbons (Fsp3) is 0.111. The molecule has 3 rings (SSSR count). The summed E-state index contributed by atoms with van der Waals surface area (Å²) < 4.78 is 24.0. The van der Waals surface area contributed by atoms with Crippen LogP contribution in [0.2, 0.25) is 0 Å². The zero-order valence-electron chi connectivity index (χ0n) is 13.8. The van der Waals surface area contributed by atoms with Crippen LogP contribution in [0, 0.1) is 5.82 Å². The molecule has 8 heteroatoms. The molecule has 0 saturated heterocycles. The fourth-order valence-corrected chi connectivity index (χ4v) is 2.01. The van der Waals surface area contributed by atoms with Gasteiger partial charge < -0.3 is 14.8 Å². The SMILES string of the molecule is CCOc1ccc(C(=O)Nc2cnc(Oc3ccccc3F)nc2)cn1. The Labute approximate surface area is 148 Å². The second-order valence-electron chi connectivity index (χ2n) is 5.06. The zero-order valence-corrected chi connectivity index (χ0v) is 13.8. The minimum Gasteiger partial charge on any atom is -0.478 e. The molecule has 0 radical (unpaired) electrons. The third kappa shape index (κ3) is 4.29. The number of benzene rings is 1. The van der Waals surface area contributed by atoms with Crippen molar-refractivity contribution in [1.82, 2.24) is 15.0 Å². The molecule has 0 aliphatic carbocycles. The molecule has 1 aromatic carbocycles. The third-order valence-electron chi connectivity index (χ3n) is 3.21. The Morgan fingerprint density at radius 3 is 2.50 bits per heavy atom. The summed E-state index contributed by atoms with van der Waals surface area (Å²) in [5.41, 5.74) is 0.727. The molecule has 1 N–H and O–H groups in total. The summed E-state index contributed by atoms with van der Waals surface area (Å²) in [6.45, 7) is 2.35. The van der Waals surface area contributed by atoms with Crippen molar-refractivity contribution in [2.45, 2.75) is 6.92 Å². The number of hydrogen-bond donors (Lipinski definition) is 1. The molecule has 26 heavy (non-hydrogen) atoms. The van der Waals surface area contributed by atoms with Gasteiger partial charge in [0.1, 0.15) is 0 Å². The molecule has 2 aromatic heterocycles. The lowest BCUT2D eigenvalue weighted by atomic mass is 10.2. The Morgan fingerprint density at radius 2 is 1.85 bits per heavy atom. The first kappa shape index (κ1) is 17.3. The molecule has 0 unspecified atom stereocenters. The minimum absolute atomic E-state index is 0.0183. The summed E-state index contributed by atoms with van der Waals surface area (Å²) in [5, 5.41) is 2.64. The summed E-state index contributed by atoms with van der Waals surface area (Å²) in [6, 6.07) is 9.11. The Kier molecular flexibility index (Phi) is 5.33. The van der Waals surface area contributed by atoms with E-state index in [2.05, 4.69) is 20.3 Å². The maximum atomic E-state index is 13.5. The number of anilines is 1. The van der Waals surface area contributed by atoms with Crippen LogP contribution in [0.5, 0.6) is 17.6 Å². The lowest BCUT2D eigenvalue weighted by Gasteiger charge is -2.07. The second-order valence-corrected chi connectivity index (χ2v) is 5.06. The molecule has 0 saturated carbocycles. The van der Waals surface area contributed by atoms with Crippen LogP contribution in [0.3, 0.4) is 0 Å². The number of ether oxygens (including phenoxy) is 2. The normalized spacial score (nSPS) is 10.2. The number of carbonyl (C=O) groups is 1. The molecule has 0 spiro atoms. The molecule has 1 amide bonds. The number of carbonyl (C=O) groups excluding carboxylic acids is 1. The van der Waals surface area contributed by atoms with Crippen molar-refractivity contribution >= 4 is 11.6 Å². The average molecular weight is 354 g/mol. The lowest BCUT2D eigenvalue weighted by Crippen LogP contribution is -2.12. The first-order chi connectivity index (χ1) is 12.7. The van der Waals surface area contributed by atoms with Crippen LogP contribution < -0.4 is 14.8 Å². The summed E-state index contributed by atoms with van der Waals surface area (Å²) in [6.07, 6.45) is 4.14. The number of aromatic nitrogens is 3. The highest BCUT2D eigenvalue weighted by Crippen LogP contribution is 2.21. The van der Waals surface area contributed by atoms with E-state index in [9.17, 15) is 9.18 Å². The Hall–Kier alpha value is -3.55. The smallest absolute Gasteiger partial charge is 0.322 e. The van der Waals surface area contributed by atoms with Gasteiger partial charge in [0.25, 0.3) is 5.91 Å². The Bertz CT molecular complexity index is 886. The molecule has 0 fully saturated rings. The number of halogens is 1. The summed E-state index contributed by atoms with van der Waals surface area (Å²) in [7, 11) is 0. The van der Waals surface area contributed by atoms with E-state index in [1.165, 1.54) is 30.7 Å². The van der Waals surface area contributed by atoms with E-state index >= 15 is 0 Å². The van der Waals surface area contributed by atoms with E-state index in [0.717, 1.165) is 0 Å². The van der Waals surface area contributed by atoms with Crippen LogP contribution in [0.1, 0.15) is 17.3 Å².